The molecule has 0 aliphatic carbocycles. The molecule has 0 bridgehead atoms. The average Bonchev–Trinajstić information content (AvgIpc) is 2.85. The van der Waals surface area contributed by atoms with Crippen LogP contribution in [0.4, 0.5) is 0 Å². The summed E-state index contributed by atoms with van der Waals surface area (Å²) >= 11 is 0. The van der Waals surface area contributed by atoms with Gasteiger partial charge in [-0.25, -0.2) is 4.76 Å². The summed E-state index contributed by atoms with van der Waals surface area (Å²) in [5, 5.41) is 1.45. The van der Waals surface area contributed by atoms with Gasteiger partial charge in [0.05, 0.1) is 5.71 Å². The highest BCUT2D eigenvalue weighted by Gasteiger charge is 2.27. The van der Waals surface area contributed by atoms with Gasteiger partial charge in [-0.05, 0) is 48.4 Å². The first-order valence-electron chi connectivity index (χ1n) is 10.3. The topological polar surface area (TPSA) is 29.4 Å². The van der Waals surface area contributed by atoms with Gasteiger partial charge >= 0.3 is 0 Å². The van der Waals surface area contributed by atoms with Crippen molar-refractivity contribution in [3.05, 3.63) is 139 Å². The van der Waals surface area contributed by atoms with Crippen LogP contribution in [0, 0.1) is 0 Å². The maximum absolute atomic E-state index is 14.5. The number of hydrogen-bond acceptors (Lipinski definition) is 1. The summed E-state index contributed by atoms with van der Waals surface area (Å²) in [6.07, 6.45) is 2.03. The van der Waals surface area contributed by atoms with Gasteiger partial charge in [-0.2, -0.15) is 0 Å². The molecule has 3 heteroatoms. The molecule has 0 radical (unpaired) electrons. The summed E-state index contributed by atoms with van der Waals surface area (Å²) in [7, 11) is -3.25. The van der Waals surface area contributed by atoms with Crippen molar-refractivity contribution in [3.8, 4) is 0 Å². The molecule has 4 aromatic rings. The molecule has 31 heavy (non-hydrogen) atoms. The lowest BCUT2D eigenvalue weighted by molar-refractivity contribution is 0.588. The predicted octanol–water partition coefficient (Wildman–Crippen LogP) is 6.51. The minimum Gasteiger partial charge on any atom is -0.288 e. The van der Waals surface area contributed by atoms with Crippen molar-refractivity contribution in [1.82, 2.24) is 0 Å². The Bertz CT molecular complexity index is 1190. The smallest absolute Gasteiger partial charge is 0.247 e. The lowest BCUT2D eigenvalue weighted by Crippen LogP contribution is -2.15. The fraction of sp³-hybridized carbons (Fsp3) is 0.0357. The van der Waals surface area contributed by atoms with E-state index in [1.54, 1.807) is 0 Å². The largest absolute Gasteiger partial charge is 0.288 e. The van der Waals surface area contributed by atoms with E-state index in [0.29, 0.717) is 5.71 Å². The SMILES string of the molecule is C/C(=C\C(=N\P(=O)(c1ccccc1)c1ccccc1)c1ccccc1)c1ccccc1. The van der Waals surface area contributed by atoms with Crippen LogP contribution in [0.15, 0.2) is 132 Å². The Morgan fingerprint density at radius 2 is 1.00 bits per heavy atom. The van der Waals surface area contributed by atoms with Gasteiger partial charge in [-0.15, -0.1) is 0 Å². The van der Waals surface area contributed by atoms with E-state index in [-0.39, 0.29) is 0 Å². The van der Waals surface area contributed by atoms with E-state index < -0.39 is 7.29 Å². The molecule has 0 spiro atoms. The minimum atomic E-state index is -3.25. The molecule has 0 aliphatic rings. The number of benzene rings is 4. The van der Waals surface area contributed by atoms with Gasteiger partial charge in [0.2, 0.25) is 7.29 Å². The summed E-state index contributed by atoms with van der Waals surface area (Å²) in [6.45, 7) is 2.06. The van der Waals surface area contributed by atoms with Crippen LogP contribution in [0.25, 0.3) is 5.57 Å². The molecule has 0 aromatic heterocycles. The van der Waals surface area contributed by atoms with Gasteiger partial charge in [0.15, 0.2) is 0 Å². The maximum Gasteiger partial charge on any atom is 0.247 e. The van der Waals surface area contributed by atoms with Crippen molar-refractivity contribution in [2.45, 2.75) is 6.92 Å². The van der Waals surface area contributed by atoms with Crippen LogP contribution in [0.3, 0.4) is 0 Å². The summed E-state index contributed by atoms with van der Waals surface area (Å²) in [5.74, 6) is 0. The van der Waals surface area contributed by atoms with Gasteiger partial charge < -0.3 is 0 Å². The molecule has 2 nitrogen and oxygen atoms in total. The van der Waals surface area contributed by atoms with Crippen LogP contribution >= 0.6 is 7.29 Å². The van der Waals surface area contributed by atoms with Gasteiger partial charge in [-0.3, -0.25) is 4.57 Å². The maximum atomic E-state index is 14.5. The molecule has 0 saturated carbocycles. The first kappa shape index (κ1) is 20.8. The third-order valence-electron chi connectivity index (χ3n) is 5.11. The van der Waals surface area contributed by atoms with E-state index in [2.05, 4.69) is 19.1 Å². The minimum absolute atomic E-state index is 0.706. The van der Waals surface area contributed by atoms with E-state index in [1.807, 2.05) is 115 Å². The zero-order valence-electron chi connectivity index (χ0n) is 17.4. The Morgan fingerprint density at radius 1 is 0.613 bits per heavy atom. The second-order valence-electron chi connectivity index (χ2n) is 7.29. The van der Waals surface area contributed by atoms with Crippen LogP contribution in [0.2, 0.25) is 0 Å². The van der Waals surface area contributed by atoms with E-state index >= 15 is 0 Å². The molecule has 152 valence electrons. The Kier molecular flexibility index (Phi) is 6.40. The Balaban J connectivity index is 1.94. The summed E-state index contributed by atoms with van der Waals surface area (Å²) < 4.78 is 19.5. The monoisotopic (exact) mass is 421 g/mol. The molecule has 0 amide bonds. The predicted molar refractivity (Wildman–Crippen MR) is 133 cm³/mol. The van der Waals surface area contributed by atoms with Gasteiger partial charge in [0.1, 0.15) is 0 Å². The Morgan fingerprint density at radius 3 is 1.45 bits per heavy atom. The van der Waals surface area contributed by atoms with Crippen LogP contribution < -0.4 is 10.6 Å². The first-order valence-corrected chi connectivity index (χ1v) is 11.9. The molecule has 4 aromatic carbocycles. The van der Waals surface area contributed by atoms with Crippen molar-refractivity contribution < 1.29 is 4.57 Å². The van der Waals surface area contributed by atoms with E-state index in [0.717, 1.165) is 27.3 Å². The molecule has 0 atom stereocenters. The summed E-state index contributed by atoms with van der Waals surface area (Å²) in [6, 6.07) is 39.2. The first-order chi connectivity index (χ1) is 15.2. The Hall–Kier alpha value is -3.48. The quantitative estimate of drug-likeness (QED) is 0.258. The molecule has 0 heterocycles. The molecular formula is C28H24NOP. The van der Waals surface area contributed by atoms with Gasteiger partial charge in [0, 0.05) is 16.2 Å². The second kappa shape index (κ2) is 9.55. The third kappa shape index (κ3) is 4.82. The van der Waals surface area contributed by atoms with Crippen molar-refractivity contribution in [3.63, 3.8) is 0 Å². The van der Waals surface area contributed by atoms with Crippen LogP contribution in [0.1, 0.15) is 18.1 Å². The molecule has 0 aliphatic heterocycles. The zero-order chi connectivity index (χ0) is 21.5. The molecule has 0 fully saturated rings. The number of rotatable bonds is 6. The number of allylic oxidation sites excluding steroid dienone is 2. The molecule has 0 unspecified atom stereocenters. The third-order valence-corrected chi connectivity index (χ3v) is 7.61. The van der Waals surface area contributed by atoms with Gasteiger partial charge in [0.25, 0.3) is 0 Å². The molecule has 0 N–H and O–H groups in total. The normalized spacial score (nSPS) is 12.5. The highest BCUT2D eigenvalue weighted by atomic mass is 31.2. The van der Waals surface area contributed by atoms with Crippen LogP contribution in [-0.4, -0.2) is 5.71 Å². The molecule has 4 rings (SSSR count). The summed E-state index contributed by atoms with van der Waals surface area (Å²) in [5.41, 5.74) is 3.82. The Labute approximate surface area is 184 Å². The standard InChI is InChI=1S/C28H24NOP/c1-23(24-14-6-2-7-15-24)22-28(25-16-8-3-9-17-25)29-31(30,26-18-10-4-11-19-26)27-20-12-5-13-21-27/h2-22H,1H3/b23-22+,29-28-. The van der Waals surface area contributed by atoms with Crippen molar-refractivity contribution in [2.24, 2.45) is 4.76 Å². The van der Waals surface area contributed by atoms with E-state index in [4.69, 9.17) is 4.76 Å². The summed E-state index contributed by atoms with van der Waals surface area (Å²) in [4.78, 5) is 0. The van der Waals surface area contributed by atoms with Crippen LogP contribution in [0.5, 0.6) is 0 Å². The lowest BCUT2D eigenvalue weighted by Gasteiger charge is -2.17. The van der Waals surface area contributed by atoms with Crippen molar-refractivity contribution >= 4 is 29.2 Å². The lowest BCUT2D eigenvalue weighted by atomic mass is 10.0. The number of hydrogen-bond donors (Lipinski definition) is 0. The number of nitrogens with zero attached hydrogens (tertiary/aromatic N) is 1. The average molecular weight is 421 g/mol. The van der Waals surface area contributed by atoms with Gasteiger partial charge in [-0.1, -0.05) is 97.1 Å². The highest BCUT2D eigenvalue weighted by molar-refractivity contribution is 7.77. The molecular weight excluding hydrogens is 397 g/mol. The van der Waals surface area contributed by atoms with E-state index in [9.17, 15) is 4.57 Å². The fourth-order valence-corrected chi connectivity index (χ4v) is 5.60. The zero-order valence-corrected chi connectivity index (χ0v) is 18.3. The van der Waals surface area contributed by atoms with Crippen LogP contribution in [-0.2, 0) is 4.57 Å². The fourth-order valence-electron chi connectivity index (χ4n) is 3.44. The molecule has 0 saturated heterocycles. The van der Waals surface area contributed by atoms with Crippen molar-refractivity contribution in [2.75, 3.05) is 0 Å². The second-order valence-corrected chi connectivity index (χ2v) is 9.68. The van der Waals surface area contributed by atoms with E-state index in [1.165, 1.54) is 0 Å². The highest BCUT2D eigenvalue weighted by Crippen LogP contribution is 2.45. The van der Waals surface area contributed by atoms with Crippen molar-refractivity contribution in [1.29, 1.82) is 0 Å².